The van der Waals surface area contributed by atoms with Gasteiger partial charge in [0.25, 0.3) is 0 Å². The summed E-state index contributed by atoms with van der Waals surface area (Å²) in [5.74, 6) is 2.25. The van der Waals surface area contributed by atoms with Gasteiger partial charge in [-0.3, -0.25) is 14.9 Å². The normalized spacial score (nSPS) is 16.5. The summed E-state index contributed by atoms with van der Waals surface area (Å²) in [5.41, 5.74) is 0. The topological polar surface area (TPSA) is 71.0 Å². The van der Waals surface area contributed by atoms with Crippen LogP contribution in [0.3, 0.4) is 0 Å². The van der Waals surface area contributed by atoms with Gasteiger partial charge in [-0.15, -0.1) is 24.0 Å². The summed E-state index contributed by atoms with van der Waals surface area (Å²) in [5, 5.41) is 6.76. The van der Waals surface area contributed by atoms with Gasteiger partial charge < -0.3 is 20.1 Å². The van der Waals surface area contributed by atoms with Crippen molar-refractivity contribution in [1.29, 1.82) is 0 Å². The molecule has 1 aromatic rings. The van der Waals surface area contributed by atoms with Gasteiger partial charge in [0, 0.05) is 38.9 Å². The van der Waals surface area contributed by atoms with Gasteiger partial charge in [0.2, 0.25) is 0 Å². The standard InChI is InChI=1S/C19H33N5O2.HI/c1-16(2)13-17(24-8-11-25-12-9-24)14-23-19(20-3)22-7-10-26-18-5-4-6-21-15-18;/h4-6,15-17H,7-14H2,1-3H3,(H2,20,22,23);1H. The zero-order valence-corrected chi connectivity index (χ0v) is 19.0. The second kappa shape index (κ2) is 14.0. The van der Waals surface area contributed by atoms with Gasteiger partial charge in [-0.1, -0.05) is 13.8 Å². The Morgan fingerprint density at radius 1 is 1.33 bits per heavy atom. The average Bonchev–Trinajstić information content (AvgIpc) is 2.67. The van der Waals surface area contributed by atoms with E-state index in [4.69, 9.17) is 9.47 Å². The molecule has 0 spiro atoms. The summed E-state index contributed by atoms with van der Waals surface area (Å²) < 4.78 is 11.1. The van der Waals surface area contributed by atoms with E-state index in [0.29, 0.717) is 25.1 Å². The van der Waals surface area contributed by atoms with Crippen LogP contribution in [0.5, 0.6) is 5.75 Å². The second-order valence-corrected chi connectivity index (χ2v) is 6.85. The molecule has 1 atom stereocenters. The largest absolute Gasteiger partial charge is 0.490 e. The number of morpholine rings is 1. The van der Waals surface area contributed by atoms with Crippen LogP contribution in [0.2, 0.25) is 0 Å². The molecule has 2 rings (SSSR count). The van der Waals surface area contributed by atoms with Crippen molar-refractivity contribution in [3.05, 3.63) is 24.5 Å². The molecule has 1 aromatic heterocycles. The fraction of sp³-hybridized carbons (Fsp3) is 0.684. The molecule has 1 unspecified atom stereocenters. The highest BCUT2D eigenvalue weighted by molar-refractivity contribution is 14.0. The minimum Gasteiger partial charge on any atom is -0.490 e. The predicted octanol–water partition coefficient (Wildman–Crippen LogP) is 1.99. The number of halogens is 1. The van der Waals surface area contributed by atoms with E-state index in [-0.39, 0.29) is 24.0 Å². The van der Waals surface area contributed by atoms with E-state index < -0.39 is 0 Å². The first kappa shape index (κ1) is 23.9. The molecule has 1 aliphatic heterocycles. The minimum atomic E-state index is 0. The second-order valence-electron chi connectivity index (χ2n) is 6.85. The van der Waals surface area contributed by atoms with Gasteiger partial charge in [0.1, 0.15) is 12.4 Å². The fourth-order valence-corrected chi connectivity index (χ4v) is 3.05. The summed E-state index contributed by atoms with van der Waals surface area (Å²) in [6.45, 7) is 10.3. The summed E-state index contributed by atoms with van der Waals surface area (Å²) in [6, 6.07) is 4.26. The third-order valence-electron chi connectivity index (χ3n) is 4.33. The Morgan fingerprint density at radius 2 is 2.11 bits per heavy atom. The Morgan fingerprint density at radius 3 is 2.74 bits per heavy atom. The van der Waals surface area contributed by atoms with Crippen molar-refractivity contribution in [2.24, 2.45) is 10.9 Å². The van der Waals surface area contributed by atoms with Crippen molar-refractivity contribution in [3.63, 3.8) is 0 Å². The molecular weight excluding hydrogens is 457 g/mol. The number of rotatable bonds is 9. The molecule has 1 saturated heterocycles. The lowest BCUT2D eigenvalue weighted by atomic mass is 10.0. The summed E-state index contributed by atoms with van der Waals surface area (Å²) in [6.07, 6.45) is 4.61. The third-order valence-corrected chi connectivity index (χ3v) is 4.33. The van der Waals surface area contributed by atoms with E-state index in [2.05, 4.69) is 39.4 Å². The van der Waals surface area contributed by atoms with Crippen LogP contribution in [0.15, 0.2) is 29.5 Å². The highest BCUT2D eigenvalue weighted by Gasteiger charge is 2.22. The Kier molecular flexibility index (Phi) is 12.4. The van der Waals surface area contributed by atoms with Crippen molar-refractivity contribution >= 4 is 29.9 Å². The van der Waals surface area contributed by atoms with Crippen molar-refractivity contribution in [3.8, 4) is 5.75 Å². The van der Waals surface area contributed by atoms with Gasteiger partial charge in [-0.25, -0.2) is 0 Å². The Labute approximate surface area is 180 Å². The maximum absolute atomic E-state index is 5.64. The quantitative estimate of drug-likeness (QED) is 0.238. The molecular formula is C19H34IN5O2. The number of hydrogen-bond acceptors (Lipinski definition) is 5. The van der Waals surface area contributed by atoms with E-state index in [1.54, 1.807) is 19.4 Å². The van der Waals surface area contributed by atoms with Crippen LogP contribution in [0.1, 0.15) is 20.3 Å². The van der Waals surface area contributed by atoms with Crippen LogP contribution in [0, 0.1) is 5.92 Å². The van der Waals surface area contributed by atoms with E-state index in [1.165, 1.54) is 0 Å². The van der Waals surface area contributed by atoms with E-state index in [1.807, 2.05) is 12.1 Å². The summed E-state index contributed by atoms with van der Waals surface area (Å²) in [7, 11) is 1.80. The molecule has 1 aliphatic rings. The number of aliphatic imine (C=N–C) groups is 1. The van der Waals surface area contributed by atoms with Crippen LogP contribution in [-0.2, 0) is 4.74 Å². The lowest BCUT2D eigenvalue weighted by Crippen LogP contribution is -2.51. The molecule has 0 bridgehead atoms. The van der Waals surface area contributed by atoms with Crippen LogP contribution in [0.4, 0.5) is 0 Å². The summed E-state index contributed by atoms with van der Waals surface area (Å²) in [4.78, 5) is 10.9. The number of pyridine rings is 1. The zero-order valence-electron chi connectivity index (χ0n) is 16.7. The summed E-state index contributed by atoms with van der Waals surface area (Å²) >= 11 is 0. The maximum atomic E-state index is 5.64. The third kappa shape index (κ3) is 9.57. The Balaban J connectivity index is 0.00000364. The monoisotopic (exact) mass is 491 g/mol. The highest BCUT2D eigenvalue weighted by Crippen LogP contribution is 2.13. The van der Waals surface area contributed by atoms with Gasteiger partial charge in [0.15, 0.2) is 5.96 Å². The van der Waals surface area contributed by atoms with E-state index in [0.717, 1.165) is 51.0 Å². The first-order valence-corrected chi connectivity index (χ1v) is 9.48. The molecule has 27 heavy (non-hydrogen) atoms. The van der Waals surface area contributed by atoms with Gasteiger partial charge >= 0.3 is 0 Å². The van der Waals surface area contributed by atoms with Crippen molar-refractivity contribution in [2.45, 2.75) is 26.3 Å². The maximum Gasteiger partial charge on any atom is 0.191 e. The first-order chi connectivity index (χ1) is 12.7. The van der Waals surface area contributed by atoms with Crippen molar-refractivity contribution < 1.29 is 9.47 Å². The van der Waals surface area contributed by atoms with Crippen LogP contribution in [-0.4, -0.2) is 74.9 Å². The lowest BCUT2D eigenvalue weighted by Gasteiger charge is -2.35. The van der Waals surface area contributed by atoms with Crippen LogP contribution in [0.25, 0.3) is 0 Å². The molecule has 1 fully saturated rings. The van der Waals surface area contributed by atoms with Gasteiger partial charge in [-0.05, 0) is 24.5 Å². The first-order valence-electron chi connectivity index (χ1n) is 9.48. The van der Waals surface area contributed by atoms with E-state index in [9.17, 15) is 0 Å². The number of aromatic nitrogens is 1. The molecule has 2 N–H and O–H groups in total. The molecule has 0 aliphatic carbocycles. The smallest absolute Gasteiger partial charge is 0.191 e. The number of guanidine groups is 1. The molecule has 0 saturated carbocycles. The SMILES string of the molecule is CN=C(NCCOc1cccnc1)NCC(CC(C)C)N1CCOCC1.I. The molecule has 0 amide bonds. The van der Waals surface area contributed by atoms with Crippen molar-refractivity contribution in [1.82, 2.24) is 20.5 Å². The van der Waals surface area contributed by atoms with Crippen LogP contribution < -0.4 is 15.4 Å². The number of ether oxygens (including phenoxy) is 2. The minimum absolute atomic E-state index is 0. The van der Waals surface area contributed by atoms with Crippen LogP contribution >= 0.6 is 24.0 Å². The number of nitrogens with one attached hydrogen (secondary N) is 2. The van der Waals surface area contributed by atoms with Gasteiger partial charge in [-0.2, -0.15) is 0 Å². The molecule has 154 valence electrons. The molecule has 8 heteroatoms. The zero-order chi connectivity index (χ0) is 18.6. The molecule has 0 radical (unpaired) electrons. The van der Waals surface area contributed by atoms with Gasteiger partial charge in [0.05, 0.1) is 26.0 Å². The Bertz CT molecular complexity index is 524. The molecule has 7 nitrogen and oxygen atoms in total. The molecule has 0 aromatic carbocycles. The lowest BCUT2D eigenvalue weighted by molar-refractivity contribution is 0.0132. The number of hydrogen-bond donors (Lipinski definition) is 2. The molecule has 2 heterocycles. The van der Waals surface area contributed by atoms with E-state index >= 15 is 0 Å². The van der Waals surface area contributed by atoms with Crippen molar-refractivity contribution in [2.75, 3.05) is 53.0 Å². The fourth-order valence-electron chi connectivity index (χ4n) is 3.05. The Hall–Kier alpha value is -1.13. The number of nitrogens with zero attached hydrogens (tertiary/aromatic N) is 3. The average molecular weight is 491 g/mol. The highest BCUT2D eigenvalue weighted by atomic mass is 127. The predicted molar refractivity (Wildman–Crippen MR) is 120 cm³/mol.